The zero-order chi connectivity index (χ0) is 20.9. The quantitative estimate of drug-likeness (QED) is 0.183. The number of carbonyl (C=O) groups is 1. The Hall–Kier alpha value is -0.870. The molecular formula is C24H47NO3. The first kappa shape index (κ1) is 27.1. The highest BCUT2D eigenvalue weighted by Crippen LogP contribution is 2.13. The van der Waals surface area contributed by atoms with Gasteiger partial charge in [0.15, 0.2) is 0 Å². The molecule has 0 aromatic carbocycles. The number of aliphatic hydroxyl groups is 2. The molecule has 0 radical (unpaired) electrons. The number of amides is 1. The van der Waals surface area contributed by atoms with Crippen LogP contribution in [0.15, 0.2) is 12.2 Å². The minimum absolute atomic E-state index is 0.154. The molecule has 0 aliphatic carbocycles. The lowest BCUT2D eigenvalue weighted by Gasteiger charge is -2.19. The van der Waals surface area contributed by atoms with Crippen molar-refractivity contribution >= 4 is 5.91 Å². The normalized spacial score (nSPS) is 13.7. The fourth-order valence-corrected chi connectivity index (χ4v) is 3.37. The number of hydrogen-bond acceptors (Lipinski definition) is 3. The maximum Gasteiger partial charge on any atom is 0.220 e. The Morgan fingerprint density at radius 1 is 0.821 bits per heavy atom. The zero-order valence-electron chi connectivity index (χ0n) is 18.6. The van der Waals surface area contributed by atoms with Gasteiger partial charge < -0.3 is 15.5 Å². The fraction of sp³-hybridized carbons (Fsp3) is 0.875. The van der Waals surface area contributed by atoms with Gasteiger partial charge in [-0.3, -0.25) is 4.79 Å². The molecule has 2 atom stereocenters. The van der Waals surface area contributed by atoms with Crippen molar-refractivity contribution in [3.05, 3.63) is 12.2 Å². The monoisotopic (exact) mass is 397 g/mol. The predicted molar refractivity (Wildman–Crippen MR) is 119 cm³/mol. The van der Waals surface area contributed by atoms with Crippen molar-refractivity contribution in [3.8, 4) is 0 Å². The van der Waals surface area contributed by atoms with E-state index < -0.39 is 12.1 Å². The maximum atomic E-state index is 11.4. The molecule has 0 aliphatic heterocycles. The predicted octanol–water partition coefficient (Wildman–Crippen LogP) is 5.66. The van der Waals surface area contributed by atoms with Gasteiger partial charge in [-0.25, -0.2) is 0 Å². The van der Waals surface area contributed by atoms with Crippen molar-refractivity contribution < 1.29 is 15.0 Å². The molecule has 4 nitrogen and oxygen atoms in total. The van der Waals surface area contributed by atoms with E-state index >= 15 is 0 Å². The molecule has 2 unspecified atom stereocenters. The Kier molecular flexibility index (Phi) is 20.2. The molecule has 0 aromatic rings. The highest BCUT2D eigenvalue weighted by molar-refractivity contribution is 5.75. The van der Waals surface area contributed by atoms with Gasteiger partial charge in [-0.1, -0.05) is 109 Å². The molecule has 1 amide bonds. The molecule has 0 heterocycles. The fourth-order valence-electron chi connectivity index (χ4n) is 3.37. The Morgan fingerprint density at radius 3 is 1.71 bits per heavy atom. The van der Waals surface area contributed by atoms with E-state index in [0.717, 1.165) is 12.8 Å². The number of hydrogen-bond donors (Lipinski definition) is 3. The molecule has 3 N–H and O–H groups in total. The first-order chi connectivity index (χ1) is 13.7. The van der Waals surface area contributed by atoms with Gasteiger partial charge in [0.2, 0.25) is 5.91 Å². The minimum atomic E-state index is -0.827. The molecule has 0 bridgehead atoms. The smallest absolute Gasteiger partial charge is 0.220 e. The van der Waals surface area contributed by atoms with Gasteiger partial charge in [0.25, 0.3) is 0 Å². The molecule has 0 aromatic heterocycles. The van der Waals surface area contributed by atoms with E-state index in [1.807, 2.05) is 6.08 Å². The number of allylic oxidation sites excluding steroid dienone is 1. The van der Waals surface area contributed by atoms with Crippen molar-refractivity contribution in [2.45, 2.75) is 129 Å². The molecule has 0 spiro atoms. The first-order valence-corrected chi connectivity index (χ1v) is 11.9. The van der Waals surface area contributed by atoms with Gasteiger partial charge in [-0.05, 0) is 12.8 Å². The van der Waals surface area contributed by atoms with Crippen molar-refractivity contribution in [1.82, 2.24) is 5.32 Å². The van der Waals surface area contributed by atoms with Gasteiger partial charge in [0.05, 0.1) is 18.8 Å². The molecule has 0 rings (SSSR count). The minimum Gasteiger partial charge on any atom is -0.394 e. The second-order valence-corrected chi connectivity index (χ2v) is 8.01. The molecule has 0 aliphatic rings. The summed E-state index contributed by atoms with van der Waals surface area (Å²) < 4.78 is 0. The van der Waals surface area contributed by atoms with Crippen LogP contribution < -0.4 is 5.32 Å². The number of carbonyl (C=O) groups excluding carboxylic acids is 1. The molecule has 0 saturated carbocycles. The summed E-state index contributed by atoms with van der Waals surface area (Å²) in [4.78, 5) is 11.4. The maximum absolute atomic E-state index is 11.4. The second-order valence-electron chi connectivity index (χ2n) is 8.01. The molecule has 0 saturated heterocycles. The van der Waals surface area contributed by atoms with Crippen LogP contribution in [0, 0.1) is 0 Å². The third kappa shape index (κ3) is 17.2. The Bertz CT molecular complexity index is 371. The Morgan fingerprint density at radius 2 is 1.29 bits per heavy atom. The van der Waals surface area contributed by atoms with Gasteiger partial charge in [-0.15, -0.1) is 0 Å². The van der Waals surface area contributed by atoms with Crippen LogP contribution in [0.3, 0.4) is 0 Å². The number of rotatable bonds is 20. The van der Waals surface area contributed by atoms with Crippen molar-refractivity contribution in [3.63, 3.8) is 0 Å². The van der Waals surface area contributed by atoms with Crippen LogP contribution in [0.25, 0.3) is 0 Å². The van der Waals surface area contributed by atoms with E-state index in [1.165, 1.54) is 83.5 Å². The molecule has 0 fully saturated rings. The average Bonchev–Trinajstić information content (AvgIpc) is 2.71. The van der Waals surface area contributed by atoms with Gasteiger partial charge in [-0.2, -0.15) is 0 Å². The summed E-state index contributed by atoms with van der Waals surface area (Å²) in [5.41, 5.74) is 0. The standard InChI is InChI=1S/C24H47NO3/c1-3-5-6-7-8-9-10-11-12-13-14-15-16-17-18-19-20-23(27)22(21-26)25-24(28)4-2/h19-20,22-23,26-27H,3-18,21H2,1-2H3,(H,25,28)/b20-19+. The van der Waals surface area contributed by atoms with Gasteiger partial charge >= 0.3 is 0 Å². The van der Waals surface area contributed by atoms with E-state index in [-0.39, 0.29) is 12.5 Å². The molecule has 166 valence electrons. The summed E-state index contributed by atoms with van der Waals surface area (Å²) in [5.74, 6) is -0.154. The van der Waals surface area contributed by atoms with Crippen LogP contribution in [0.5, 0.6) is 0 Å². The van der Waals surface area contributed by atoms with E-state index in [1.54, 1.807) is 13.0 Å². The summed E-state index contributed by atoms with van der Waals surface area (Å²) in [6, 6.07) is -0.611. The van der Waals surface area contributed by atoms with Gasteiger partial charge in [0.1, 0.15) is 0 Å². The first-order valence-electron chi connectivity index (χ1n) is 11.9. The lowest BCUT2D eigenvalue weighted by Crippen LogP contribution is -2.44. The van der Waals surface area contributed by atoms with Crippen LogP contribution in [-0.2, 0) is 4.79 Å². The third-order valence-electron chi connectivity index (χ3n) is 5.33. The summed E-state index contributed by atoms with van der Waals surface area (Å²) in [7, 11) is 0. The largest absolute Gasteiger partial charge is 0.394 e. The number of unbranched alkanes of at least 4 members (excludes halogenated alkanes) is 14. The van der Waals surface area contributed by atoms with Crippen LogP contribution >= 0.6 is 0 Å². The number of aliphatic hydroxyl groups excluding tert-OH is 2. The van der Waals surface area contributed by atoms with Crippen LogP contribution in [0.1, 0.15) is 117 Å². The highest BCUT2D eigenvalue weighted by atomic mass is 16.3. The van der Waals surface area contributed by atoms with Crippen LogP contribution in [0.4, 0.5) is 0 Å². The third-order valence-corrected chi connectivity index (χ3v) is 5.33. The van der Waals surface area contributed by atoms with Crippen LogP contribution in [-0.4, -0.2) is 34.9 Å². The SMILES string of the molecule is CCCCCCCCCCCCCCCC/C=C/C(O)C(CO)NC(=O)CC. The highest BCUT2D eigenvalue weighted by Gasteiger charge is 2.17. The molecule has 28 heavy (non-hydrogen) atoms. The average molecular weight is 398 g/mol. The van der Waals surface area contributed by atoms with E-state index in [2.05, 4.69) is 12.2 Å². The second kappa shape index (κ2) is 20.9. The Labute approximate surface area is 174 Å². The summed E-state index contributed by atoms with van der Waals surface area (Å²) in [6.45, 7) is 3.77. The molecule has 4 heteroatoms. The zero-order valence-corrected chi connectivity index (χ0v) is 18.6. The van der Waals surface area contributed by atoms with E-state index in [9.17, 15) is 15.0 Å². The number of nitrogens with one attached hydrogen (secondary N) is 1. The van der Waals surface area contributed by atoms with Crippen molar-refractivity contribution in [1.29, 1.82) is 0 Å². The topological polar surface area (TPSA) is 69.6 Å². The lowest BCUT2D eigenvalue weighted by atomic mass is 10.0. The molecular weight excluding hydrogens is 350 g/mol. The van der Waals surface area contributed by atoms with Gasteiger partial charge in [0, 0.05) is 6.42 Å². The summed E-state index contributed by atoms with van der Waals surface area (Å²) >= 11 is 0. The van der Waals surface area contributed by atoms with Crippen molar-refractivity contribution in [2.24, 2.45) is 0 Å². The van der Waals surface area contributed by atoms with E-state index in [0.29, 0.717) is 6.42 Å². The van der Waals surface area contributed by atoms with E-state index in [4.69, 9.17) is 0 Å². The van der Waals surface area contributed by atoms with Crippen molar-refractivity contribution in [2.75, 3.05) is 6.61 Å². The van der Waals surface area contributed by atoms with Crippen LogP contribution in [0.2, 0.25) is 0 Å². The summed E-state index contributed by atoms with van der Waals surface area (Å²) in [5, 5.41) is 21.9. The Balaban J connectivity index is 3.44. The summed E-state index contributed by atoms with van der Waals surface area (Å²) in [6.07, 6.45) is 23.1. The lowest BCUT2D eigenvalue weighted by molar-refractivity contribution is -0.122.